The highest BCUT2D eigenvalue weighted by molar-refractivity contribution is 5.74. The number of carbonyl (C=O) groups excluding carboxylic acids is 2. The Morgan fingerprint density at radius 3 is 2.22 bits per heavy atom. The van der Waals surface area contributed by atoms with E-state index in [0.29, 0.717) is 29.7 Å². The maximum absolute atomic E-state index is 13.1. The lowest BCUT2D eigenvalue weighted by atomic mass is 9.84. The molecule has 0 spiro atoms. The first-order valence-corrected chi connectivity index (χ1v) is 13.6. The Morgan fingerprint density at radius 1 is 1.03 bits per heavy atom. The van der Waals surface area contributed by atoms with Gasteiger partial charge in [-0.25, -0.2) is 9.59 Å². The van der Waals surface area contributed by atoms with Gasteiger partial charge in [-0.15, -0.1) is 5.06 Å². The third-order valence-electron chi connectivity index (χ3n) is 7.24. The number of ether oxygens (including phenoxy) is 1. The monoisotopic (exact) mass is 511 g/mol. The van der Waals surface area contributed by atoms with Crippen molar-refractivity contribution in [1.29, 1.82) is 5.26 Å². The maximum Gasteiger partial charge on any atom is 0.444 e. The van der Waals surface area contributed by atoms with Gasteiger partial charge < -0.3 is 24.3 Å². The largest absolute Gasteiger partial charge is 0.444 e. The van der Waals surface area contributed by atoms with E-state index >= 15 is 0 Å². The second kappa shape index (κ2) is 11.6. The molecule has 0 saturated carbocycles. The number of urea groups is 1. The molecule has 9 nitrogen and oxygen atoms in total. The van der Waals surface area contributed by atoms with E-state index in [2.05, 4.69) is 15.9 Å². The van der Waals surface area contributed by atoms with Gasteiger partial charge in [0.2, 0.25) is 0 Å². The minimum absolute atomic E-state index is 0.211. The summed E-state index contributed by atoms with van der Waals surface area (Å²) in [7, 11) is 0. The number of hydrogen-bond donors (Lipinski definition) is 0. The van der Waals surface area contributed by atoms with Crippen molar-refractivity contribution in [2.45, 2.75) is 65.0 Å². The molecule has 1 aromatic rings. The van der Waals surface area contributed by atoms with E-state index in [-0.39, 0.29) is 12.1 Å². The number of hydroxylamine groups is 2. The fourth-order valence-corrected chi connectivity index (χ4v) is 5.74. The lowest BCUT2D eigenvalue weighted by Crippen LogP contribution is -2.58. The van der Waals surface area contributed by atoms with E-state index in [4.69, 9.17) is 14.8 Å². The Labute approximate surface area is 220 Å². The van der Waals surface area contributed by atoms with Crippen LogP contribution in [0.1, 0.15) is 58.9 Å². The molecule has 0 radical (unpaired) electrons. The molecule has 4 rings (SSSR count). The van der Waals surface area contributed by atoms with E-state index < -0.39 is 11.7 Å². The van der Waals surface area contributed by atoms with Crippen molar-refractivity contribution in [1.82, 2.24) is 19.8 Å². The highest BCUT2D eigenvalue weighted by Crippen LogP contribution is 2.30. The Hall–Kier alpha value is -2.99. The summed E-state index contributed by atoms with van der Waals surface area (Å²) in [6, 6.07) is 8.72. The molecular formula is C28H41N5O4. The van der Waals surface area contributed by atoms with E-state index in [1.54, 1.807) is 24.3 Å². The second-order valence-electron chi connectivity index (χ2n) is 11.8. The van der Waals surface area contributed by atoms with Gasteiger partial charge in [-0.1, -0.05) is 0 Å². The minimum Gasteiger partial charge on any atom is -0.442 e. The average molecular weight is 512 g/mol. The number of rotatable bonds is 5. The summed E-state index contributed by atoms with van der Waals surface area (Å²) < 4.78 is 5.64. The summed E-state index contributed by atoms with van der Waals surface area (Å²) in [6.45, 7) is 13.2. The van der Waals surface area contributed by atoms with Crippen LogP contribution in [-0.4, -0.2) is 89.3 Å². The van der Waals surface area contributed by atoms with Gasteiger partial charge in [-0.05, 0) is 89.5 Å². The first kappa shape index (κ1) is 27.1. The third-order valence-corrected chi connectivity index (χ3v) is 7.24. The Bertz CT molecular complexity index is 966. The lowest BCUT2D eigenvalue weighted by Gasteiger charge is -2.47. The first-order valence-electron chi connectivity index (χ1n) is 13.6. The van der Waals surface area contributed by atoms with Crippen molar-refractivity contribution in [2.24, 2.45) is 11.8 Å². The molecule has 0 N–H and O–H groups in total. The molecule has 1 aromatic carbocycles. The lowest BCUT2D eigenvalue weighted by molar-refractivity contribution is -0.102. The third kappa shape index (κ3) is 7.29. The molecule has 2 bridgehead atoms. The molecule has 9 heteroatoms. The minimum atomic E-state index is -0.657. The van der Waals surface area contributed by atoms with Gasteiger partial charge in [-0.2, -0.15) is 5.26 Å². The summed E-state index contributed by atoms with van der Waals surface area (Å²) in [6.07, 6.45) is 4.04. The Balaban J connectivity index is 1.38. The van der Waals surface area contributed by atoms with Gasteiger partial charge in [0, 0.05) is 45.8 Å². The summed E-state index contributed by atoms with van der Waals surface area (Å²) in [5.74, 6) is 1.34. The molecule has 3 heterocycles. The van der Waals surface area contributed by atoms with Gasteiger partial charge in [0.15, 0.2) is 5.75 Å². The van der Waals surface area contributed by atoms with Crippen molar-refractivity contribution in [3.05, 3.63) is 29.8 Å². The van der Waals surface area contributed by atoms with Crippen molar-refractivity contribution in [2.75, 3.05) is 45.8 Å². The SMILES string of the molecule is CC(CN1CC2CC(C1)CN(C(=O)N1CCCCC1)C2)N(Oc1ccc(C#N)cc1)C(=O)OC(C)(C)C. The number of amides is 3. The fourth-order valence-electron chi connectivity index (χ4n) is 5.74. The molecule has 0 aromatic heterocycles. The number of likely N-dealkylation sites (tertiary alicyclic amines) is 3. The van der Waals surface area contributed by atoms with Crippen LogP contribution in [0.15, 0.2) is 24.3 Å². The Kier molecular flexibility index (Phi) is 8.48. The molecular weight excluding hydrogens is 470 g/mol. The van der Waals surface area contributed by atoms with Gasteiger partial charge in [-0.3, -0.25) is 0 Å². The molecule has 3 aliphatic heterocycles. The van der Waals surface area contributed by atoms with E-state index in [1.165, 1.54) is 11.5 Å². The molecule has 3 aliphatic rings. The number of nitrogens with zero attached hydrogens (tertiary/aromatic N) is 5. The summed E-state index contributed by atoms with van der Waals surface area (Å²) in [5, 5.41) is 10.4. The van der Waals surface area contributed by atoms with Crippen LogP contribution in [0.25, 0.3) is 0 Å². The van der Waals surface area contributed by atoms with Crippen LogP contribution in [0.5, 0.6) is 5.75 Å². The smallest absolute Gasteiger partial charge is 0.442 e. The highest BCUT2D eigenvalue weighted by atomic mass is 16.7. The topological polar surface area (TPSA) is 89.4 Å². The first-order chi connectivity index (χ1) is 17.6. The predicted molar refractivity (Wildman–Crippen MR) is 140 cm³/mol. The summed E-state index contributed by atoms with van der Waals surface area (Å²) in [5.41, 5.74) is -0.132. The quantitative estimate of drug-likeness (QED) is 0.547. The van der Waals surface area contributed by atoms with Crippen molar-refractivity contribution in [3.8, 4) is 11.8 Å². The van der Waals surface area contributed by atoms with Crippen LogP contribution in [-0.2, 0) is 4.74 Å². The highest BCUT2D eigenvalue weighted by Gasteiger charge is 2.39. The van der Waals surface area contributed by atoms with E-state index in [0.717, 1.165) is 58.5 Å². The van der Waals surface area contributed by atoms with E-state index in [9.17, 15) is 9.59 Å². The molecule has 3 saturated heterocycles. The number of carbonyl (C=O) groups is 2. The molecule has 0 aliphatic carbocycles. The molecule has 3 atom stereocenters. The molecule has 37 heavy (non-hydrogen) atoms. The number of piperidine rings is 3. The van der Waals surface area contributed by atoms with Crippen LogP contribution in [0.2, 0.25) is 0 Å². The summed E-state index contributed by atoms with van der Waals surface area (Å²) >= 11 is 0. The zero-order valence-corrected chi connectivity index (χ0v) is 22.7. The molecule has 3 unspecified atom stereocenters. The van der Waals surface area contributed by atoms with Crippen LogP contribution in [0.4, 0.5) is 9.59 Å². The predicted octanol–water partition coefficient (Wildman–Crippen LogP) is 4.34. The van der Waals surface area contributed by atoms with Gasteiger partial charge in [0.1, 0.15) is 5.60 Å². The molecule has 3 amide bonds. The number of fused-ring (bicyclic) bond motifs is 2. The summed E-state index contributed by atoms with van der Waals surface area (Å²) in [4.78, 5) is 38.7. The second-order valence-corrected chi connectivity index (χ2v) is 11.8. The van der Waals surface area contributed by atoms with Crippen LogP contribution in [0, 0.1) is 23.2 Å². The fraction of sp³-hybridized carbons (Fsp3) is 0.679. The van der Waals surface area contributed by atoms with Crippen LogP contribution in [0.3, 0.4) is 0 Å². The van der Waals surface area contributed by atoms with Crippen LogP contribution < -0.4 is 4.84 Å². The normalized spacial score (nSPS) is 23.1. The molecule has 3 fully saturated rings. The molecule has 202 valence electrons. The van der Waals surface area contributed by atoms with Gasteiger partial charge in [0.25, 0.3) is 0 Å². The van der Waals surface area contributed by atoms with Crippen molar-refractivity contribution < 1.29 is 19.2 Å². The maximum atomic E-state index is 13.1. The number of hydrogen-bond acceptors (Lipinski definition) is 6. The van der Waals surface area contributed by atoms with Crippen molar-refractivity contribution >= 4 is 12.1 Å². The zero-order valence-electron chi connectivity index (χ0n) is 22.7. The average Bonchev–Trinajstić information content (AvgIpc) is 2.86. The standard InChI is InChI=1S/C28H41N5O4/c1-21(33(27(35)36-28(2,3)4)37-25-10-8-22(15-29)9-11-25)16-30-17-23-14-24(18-30)20-32(19-23)26(34)31-12-6-5-7-13-31/h8-11,21,23-24H,5-7,12-14,16-20H2,1-4H3. The van der Waals surface area contributed by atoms with Crippen molar-refractivity contribution in [3.63, 3.8) is 0 Å². The number of benzene rings is 1. The van der Waals surface area contributed by atoms with E-state index in [1.807, 2.05) is 32.6 Å². The van der Waals surface area contributed by atoms with Gasteiger partial charge >= 0.3 is 12.1 Å². The van der Waals surface area contributed by atoms with Crippen LogP contribution >= 0.6 is 0 Å². The van der Waals surface area contributed by atoms with Gasteiger partial charge in [0.05, 0.1) is 17.7 Å². The Morgan fingerprint density at radius 2 is 1.65 bits per heavy atom. The zero-order chi connectivity index (χ0) is 26.6. The number of nitriles is 1.